The Hall–Kier alpha value is -2.44. The van der Waals surface area contributed by atoms with Crippen molar-refractivity contribution in [3.05, 3.63) is 70.5 Å². The molecule has 0 heterocycles. The predicted molar refractivity (Wildman–Crippen MR) is 80.4 cm³/mol. The van der Waals surface area contributed by atoms with E-state index in [0.717, 1.165) is 0 Å². The minimum atomic E-state index is -0.962. The number of hydrogen-bond acceptors (Lipinski definition) is 3. The van der Waals surface area contributed by atoms with Crippen molar-refractivity contribution in [2.75, 3.05) is 0 Å². The molecule has 0 aromatic heterocycles. The standard InChI is InChI=1S/C15H13ClFN3O2/c16-12-6-4-11(5-7-12)14(21)20(15(18)22)19-9-10-2-1-3-13(17)8-10/h1-8,19H,9H2,(H2,18,22). The number of nitrogens with zero attached hydrogens (tertiary/aromatic N) is 1. The molecule has 0 saturated carbocycles. The van der Waals surface area contributed by atoms with Crippen LogP contribution in [0.2, 0.25) is 5.02 Å². The molecule has 2 aromatic rings. The summed E-state index contributed by atoms with van der Waals surface area (Å²) in [5.41, 5.74) is 8.60. The van der Waals surface area contributed by atoms with E-state index in [1.807, 2.05) is 0 Å². The van der Waals surface area contributed by atoms with Crippen LogP contribution in [0, 0.1) is 5.82 Å². The van der Waals surface area contributed by atoms with E-state index < -0.39 is 17.8 Å². The molecule has 0 aliphatic carbocycles. The maximum atomic E-state index is 13.1. The summed E-state index contributed by atoms with van der Waals surface area (Å²) in [5, 5.41) is 1.14. The van der Waals surface area contributed by atoms with Crippen molar-refractivity contribution in [1.82, 2.24) is 10.4 Å². The number of nitrogens with two attached hydrogens (primary N) is 1. The number of primary amides is 1. The first-order valence-electron chi connectivity index (χ1n) is 6.35. The third-order valence-corrected chi connectivity index (χ3v) is 3.10. The smallest absolute Gasteiger partial charge is 0.336 e. The molecule has 2 rings (SSSR count). The molecule has 0 saturated heterocycles. The summed E-state index contributed by atoms with van der Waals surface area (Å²) in [5.74, 6) is -1.03. The molecule has 7 heteroatoms. The van der Waals surface area contributed by atoms with Gasteiger partial charge in [0.05, 0.1) is 0 Å². The van der Waals surface area contributed by atoms with E-state index in [9.17, 15) is 14.0 Å². The Morgan fingerprint density at radius 2 is 1.86 bits per heavy atom. The number of hydrogen-bond donors (Lipinski definition) is 2. The zero-order chi connectivity index (χ0) is 16.1. The molecule has 5 nitrogen and oxygen atoms in total. The van der Waals surface area contributed by atoms with Crippen molar-refractivity contribution in [3.8, 4) is 0 Å². The lowest BCUT2D eigenvalue weighted by Crippen LogP contribution is -2.49. The second kappa shape index (κ2) is 7.02. The Morgan fingerprint density at radius 3 is 2.45 bits per heavy atom. The van der Waals surface area contributed by atoms with Crippen LogP contribution in [0.4, 0.5) is 9.18 Å². The van der Waals surface area contributed by atoms with Gasteiger partial charge in [0.1, 0.15) is 5.82 Å². The fourth-order valence-corrected chi connectivity index (χ4v) is 1.91. The molecule has 2 aromatic carbocycles. The second-order valence-electron chi connectivity index (χ2n) is 4.45. The number of nitrogens with one attached hydrogen (secondary N) is 1. The molecule has 0 aliphatic rings. The highest BCUT2D eigenvalue weighted by Gasteiger charge is 2.20. The first-order chi connectivity index (χ1) is 10.5. The Labute approximate surface area is 131 Å². The normalized spacial score (nSPS) is 10.3. The lowest BCUT2D eigenvalue weighted by Gasteiger charge is -2.19. The van der Waals surface area contributed by atoms with Gasteiger partial charge < -0.3 is 5.73 Å². The van der Waals surface area contributed by atoms with Crippen molar-refractivity contribution in [2.24, 2.45) is 5.73 Å². The molecule has 0 spiro atoms. The van der Waals surface area contributed by atoms with Crippen LogP contribution in [0.5, 0.6) is 0 Å². The molecule has 0 unspecified atom stereocenters. The quantitative estimate of drug-likeness (QED) is 0.850. The van der Waals surface area contributed by atoms with E-state index in [4.69, 9.17) is 17.3 Å². The largest absolute Gasteiger partial charge is 0.350 e. The van der Waals surface area contributed by atoms with Crippen LogP contribution in [-0.2, 0) is 6.54 Å². The Kier molecular flexibility index (Phi) is 5.08. The zero-order valence-corrected chi connectivity index (χ0v) is 12.2. The van der Waals surface area contributed by atoms with Crippen molar-refractivity contribution in [1.29, 1.82) is 0 Å². The number of hydrazine groups is 1. The van der Waals surface area contributed by atoms with Gasteiger partial charge in [0, 0.05) is 17.1 Å². The lowest BCUT2D eigenvalue weighted by molar-refractivity contribution is 0.0733. The maximum absolute atomic E-state index is 13.1. The van der Waals surface area contributed by atoms with Crippen LogP contribution in [0.3, 0.4) is 0 Å². The highest BCUT2D eigenvalue weighted by molar-refractivity contribution is 6.30. The van der Waals surface area contributed by atoms with E-state index in [1.165, 1.54) is 42.5 Å². The van der Waals surface area contributed by atoms with E-state index in [0.29, 0.717) is 15.6 Å². The molecular formula is C15H13ClFN3O2. The average Bonchev–Trinajstić information content (AvgIpc) is 2.47. The topological polar surface area (TPSA) is 75.4 Å². The summed E-state index contributed by atoms with van der Waals surface area (Å²) in [6, 6.07) is 10.8. The fraction of sp³-hybridized carbons (Fsp3) is 0.0667. The molecule has 0 radical (unpaired) electrons. The molecule has 3 amide bonds. The number of carbonyl (C=O) groups is 2. The highest BCUT2D eigenvalue weighted by atomic mass is 35.5. The number of amides is 3. The Balaban J connectivity index is 2.11. The number of benzene rings is 2. The minimum absolute atomic E-state index is 0.0695. The number of urea groups is 1. The second-order valence-corrected chi connectivity index (χ2v) is 4.89. The SMILES string of the molecule is NC(=O)N(NCc1cccc(F)c1)C(=O)c1ccc(Cl)cc1. The van der Waals surface area contributed by atoms with E-state index in [-0.39, 0.29) is 12.1 Å². The van der Waals surface area contributed by atoms with Gasteiger partial charge in [-0.05, 0) is 42.0 Å². The van der Waals surface area contributed by atoms with E-state index >= 15 is 0 Å². The molecule has 3 N–H and O–H groups in total. The summed E-state index contributed by atoms with van der Waals surface area (Å²) in [7, 11) is 0. The van der Waals surface area contributed by atoms with Crippen molar-refractivity contribution >= 4 is 23.5 Å². The summed E-state index contributed by atoms with van der Waals surface area (Å²) >= 11 is 5.75. The summed E-state index contributed by atoms with van der Waals surface area (Å²) in [6.07, 6.45) is 0. The van der Waals surface area contributed by atoms with Gasteiger partial charge in [0.25, 0.3) is 5.91 Å². The van der Waals surface area contributed by atoms with Gasteiger partial charge in [0.2, 0.25) is 0 Å². The van der Waals surface area contributed by atoms with Crippen LogP contribution in [0.15, 0.2) is 48.5 Å². The number of rotatable bonds is 4. The molecule has 0 bridgehead atoms. The molecular weight excluding hydrogens is 309 g/mol. The van der Waals surface area contributed by atoms with Crippen LogP contribution in [0.1, 0.15) is 15.9 Å². The van der Waals surface area contributed by atoms with E-state index in [1.54, 1.807) is 6.07 Å². The zero-order valence-electron chi connectivity index (χ0n) is 11.4. The molecule has 0 fully saturated rings. The molecule has 114 valence electrons. The lowest BCUT2D eigenvalue weighted by atomic mass is 10.2. The van der Waals surface area contributed by atoms with Crippen LogP contribution < -0.4 is 11.2 Å². The Morgan fingerprint density at radius 1 is 1.18 bits per heavy atom. The number of carbonyl (C=O) groups excluding carboxylic acids is 2. The van der Waals surface area contributed by atoms with Crippen molar-refractivity contribution in [2.45, 2.75) is 6.54 Å². The van der Waals surface area contributed by atoms with Gasteiger partial charge in [-0.15, -0.1) is 0 Å². The third-order valence-electron chi connectivity index (χ3n) is 2.84. The summed E-state index contributed by atoms with van der Waals surface area (Å²) < 4.78 is 13.1. The third kappa shape index (κ3) is 4.03. The summed E-state index contributed by atoms with van der Waals surface area (Å²) in [4.78, 5) is 23.7. The first-order valence-corrected chi connectivity index (χ1v) is 6.72. The van der Waals surface area contributed by atoms with Crippen LogP contribution in [-0.4, -0.2) is 16.9 Å². The van der Waals surface area contributed by atoms with Crippen molar-refractivity contribution < 1.29 is 14.0 Å². The Bertz CT molecular complexity index is 691. The predicted octanol–water partition coefficient (Wildman–Crippen LogP) is 2.70. The fourth-order valence-electron chi connectivity index (χ4n) is 1.79. The number of imide groups is 1. The maximum Gasteiger partial charge on any atom is 0.336 e. The monoisotopic (exact) mass is 321 g/mol. The van der Waals surface area contributed by atoms with Crippen LogP contribution >= 0.6 is 11.6 Å². The average molecular weight is 322 g/mol. The molecule has 22 heavy (non-hydrogen) atoms. The van der Waals surface area contributed by atoms with Gasteiger partial charge >= 0.3 is 6.03 Å². The van der Waals surface area contributed by atoms with Crippen molar-refractivity contribution in [3.63, 3.8) is 0 Å². The number of halogens is 2. The van der Waals surface area contributed by atoms with E-state index in [2.05, 4.69) is 5.43 Å². The van der Waals surface area contributed by atoms with Gasteiger partial charge in [-0.1, -0.05) is 23.7 Å². The first kappa shape index (κ1) is 15.9. The minimum Gasteiger partial charge on any atom is -0.350 e. The van der Waals surface area contributed by atoms with Crippen LogP contribution in [0.25, 0.3) is 0 Å². The van der Waals surface area contributed by atoms with Gasteiger partial charge in [0.15, 0.2) is 0 Å². The molecule has 0 atom stereocenters. The summed E-state index contributed by atoms with van der Waals surface area (Å²) in [6.45, 7) is 0.0695. The van der Waals surface area contributed by atoms with Gasteiger partial charge in [-0.25, -0.2) is 14.6 Å². The van der Waals surface area contributed by atoms with Gasteiger partial charge in [-0.3, -0.25) is 4.79 Å². The van der Waals surface area contributed by atoms with Gasteiger partial charge in [-0.2, -0.15) is 5.01 Å². The highest BCUT2D eigenvalue weighted by Crippen LogP contribution is 2.11. The molecule has 0 aliphatic heterocycles.